The summed E-state index contributed by atoms with van der Waals surface area (Å²) < 4.78 is 0. The van der Waals surface area contributed by atoms with Crippen LogP contribution in [-0.4, -0.2) is 41.9 Å². The van der Waals surface area contributed by atoms with E-state index < -0.39 is 10.8 Å². The number of carbonyl (C=O) groups excluding carboxylic acids is 1. The first-order valence-corrected chi connectivity index (χ1v) is 6.99. The summed E-state index contributed by atoms with van der Waals surface area (Å²) in [5.74, 6) is -0.423. The van der Waals surface area contributed by atoms with Crippen molar-refractivity contribution in [1.82, 2.24) is 10.2 Å². The molecule has 3 N–H and O–H groups in total. The van der Waals surface area contributed by atoms with Gasteiger partial charge in [-0.05, 0) is 33.0 Å². The smallest absolute Gasteiger partial charge is 0.271 e. The van der Waals surface area contributed by atoms with Gasteiger partial charge < -0.3 is 16.0 Å². The number of nitro groups is 1. The highest BCUT2D eigenvalue weighted by Crippen LogP contribution is 2.29. The van der Waals surface area contributed by atoms with E-state index in [4.69, 9.17) is 17.3 Å². The summed E-state index contributed by atoms with van der Waals surface area (Å²) in [5, 5.41) is 13.7. The highest BCUT2D eigenvalue weighted by molar-refractivity contribution is 6.34. The van der Waals surface area contributed by atoms with Gasteiger partial charge in [0, 0.05) is 18.2 Å². The van der Waals surface area contributed by atoms with Crippen LogP contribution in [0.25, 0.3) is 0 Å². The maximum Gasteiger partial charge on any atom is 0.271 e. The first-order valence-electron chi connectivity index (χ1n) is 6.61. The van der Waals surface area contributed by atoms with E-state index >= 15 is 0 Å². The number of amides is 1. The number of piperidine rings is 1. The number of halogens is 1. The number of carbonyl (C=O) groups is 1. The lowest BCUT2D eigenvalue weighted by Crippen LogP contribution is -2.43. The van der Waals surface area contributed by atoms with E-state index in [1.54, 1.807) is 0 Å². The van der Waals surface area contributed by atoms with Crippen molar-refractivity contribution < 1.29 is 9.72 Å². The number of anilines is 1. The van der Waals surface area contributed by atoms with Crippen molar-refractivity contribution in [2.75, 3.05) is 25.9 Å². The first-order chi connectivity index (χ1) is 9.88. The maximum atomic E-state index is 12.3. The summed E-state index contributed by atoms with van der Waals surface area (Å²) >= 11 is 5.85. The molecule has 0 atom stereocenters. The molecule has 1 aromatic rings. The molecule has 8 heteroatoms. The van der Waals surface area contributed by atoms with Crippen LogP contribution in [0.1, 0.15) is 23.2 Å². The Kier molecular flexibility index (Phi) is 4.64. The van der Waals surface area contributed by atoms with Crippen LogP contribution in [0.4, 0.5) is 11.4 Å². The average Bonchev–Trinajstić information content (AvgIpc) is 2.43. The van der Waals surface area contributed by atoms with Crippen LogP contribution in [-0.2, 0) is 0 Å². The van der Waals surface area contributed by atoms with Gasteiger partial charge in [-0.15, -0.1) is 0 Å². The molecule has 0 radical (unpaired) electrons. The van der Waals surface area contributed by atoms with Crippen LogP contribution in [0.15, 0.2) is 12.1 Å². The number of benzene rings is 1. The number of nitrogens with zero attached hydrogens (tertiary/aromatic N) is 2. The fourth-order valence-corrected chi connectivity index (χ4v) is 2.53. The number of nitro benzene ring substituents is 1. The number of likely N-dealkylation sites (tertiary alicyclic amines) is 1. The summed E-state index contributed by atoms with van der Waals surface area (Å²) in [6.45, 7) is 1.80. The molecule has 1 saturated heterocycles. The van der Waals surface area contributed by atoms with Crippen LogP contribution in [0, 0.1) is 10.1 Å². The lowest BCUT2D eigenvalue weighted by atomic mass is 10.0. The number of rotatable bonds is 3. The van der Waals surface area contributed by atoms with Gasteiger partial charge in [0.05, 0.1) is 21.2 Å². The molecular weight excluding hydrogens is 296 g/mol. The molecule has 0 aromatic heterocycles. The molecule has 0 spiro atoms. The number of hydrogen-bond acceptors (Lipinski definition) is 5. The normalized spacial score (nSPS) is 16.7. The van der Waals surface area contributed by atoms with E-state index in [-0.39, 0.29) is 28.0 Å². The molecule has 1 aliphatic rings. The van der Waals surface area contributed by atoms with Gasteiger partial charge in [-0.1, -0.05) is 11.6 Å². The molecule has 1 heterocycles. The van der Waals surface area contributed by atoms with Gasteiger partial charge in [0.1, 0.15) is 0 Å². The molecular formula is C13H17ClN4O3. The Morgan fingerprint density at radius 3 is 2.67 bits per heavy atom. The lowest BCUT2D eigenvalue weighted by Gasteiger charge is -2.29. The van der Waals surface area contributed by atoms with E-state index in [9.17, 15) is 14.9 Å². The highest BCUT2D eigenvalue weighted by atomic mass is 35.5. The van der Waals surface area contributed by atoms with Crippen molar-refractivity contribution >= 4 is 28.9 Å². The maximum absolute atomic E-state index is 12.3. The van der Waals surface area contributed by atoms with E-state index in [1.165, 1.54) is 0 Å². The zero-order chi connectivity index (χ0) is 15.6. The van der Waals surface area contributed by atoms with Crippen LogP contribution in [0.3, 0.4) is 0 Å². The third kappa shape index (κ3) is 3.62. The molecule has 0 saturated carbocycles. The Morgan fingerprint density at radius 2 is 2.10 bits per heavy atom. The topological polar surface area (TPSA) is 102 Å². The monoisotopic (exact) mass is 312 g/mol. The minimum absolute atomic E-state index is 0.0118. The number of non-ortho nitro benzene ring substituents is 1. The van der Waals surface area contributed by atoms with E-state index in [2.05, 4.69) is 10.2 Å². The summed E-state index contributed by atoms with van der Waals surface area (Å²) in [5.41, 5.74) is 5.62. The van der Waals surface area contributed by atoms with Gasteiger partial charge in [-0.3, -0.25) is 14.9 Å². The fraction of sp³-hybridized carbons (Fsp3) is 0.462. The molecule has 1 aromatic carbocycles. The molecule has 21 heavy (non-hydrogen) atoms. The van der Waals surface area contributed by atoms with Crippen molar-refractivity contribution in [3.63, 3.8) is 0 Å². The highest BCUT2D eigenvalue weighted by Gasteiger charge is 2.23. The molecule has 7 nitrogen and oxygen atoms in total. The molecule has 1 aliphatic heterocycles. The van der Waals surface area contributed by atoms with Gasteiger partial charge in [0.2, 0.25) is 0 Å². The molecule has 0 aliphatic carbocycles. The predicted octanol–water partition coefficient (Wildman–Crippen LogP) is 1.65. The summed E-state index contributed by atoms with van der Waals surface area (Å²) in [6, 6.07) is 2.35. The minimum atomic E-state index is -0.600. The van der Waals surface area contributed by atoms with E-state index in [1.807, 2.05) is 7.05 Å². The lowest BCUT2D eigenvalue weighted by molar-refractivity contribution is -0.384. The van der Waals surface area contributed by atoms with Crippen LogP contribution in [0.5, 0.6) is 0 Å². The molecule has 1 fully saturated rings. The van der Waals surface area contributed by atoms with Crippen molar-refractivity contribution in [2.45, 2.75) is 18.9 Å². The molecule has 1 amide bonds. The zero-order valence-electron chi connectivity index (χ0n) is 11.6. The zero-order valence-corrected chi connectivity index (χ0v) is 12.4. The SMILES string of the molecule is CN1CCC(NC(=O)c2cc([N+](=O)[O-])cc(Cl)c2N)CC1. The Morgan fingerprint density at radius 1 is 1.48 bits per heavy atom. The van der Waals surface area contributed by atoms with Crippen molar-refractivity contribution in [3.8, 4) is 0 Å². The standard InChI is InChI=1S/C13H17ClN4O3/c1-17-4-2-8(3-5-17)16-13(19)10-6-9(18(20)21)7-11(14)12(10)15/h6-8H,2-5,15H2,1H3,(H,16,19). The molecule has 114 valence electrons. The quantitative estimate of drug-likeness (QED) is 0.502. The van der Waals surface area contributed by atoms with Gasteiger partial charge in [0.15, 0.2) is 0 Å². The molecule has 0 unspecified atom stereocenters. The van der Waals surface area contributed by atoms with E-state index in [0.717, 1.165) is 38.1 Å². The number of nitrogen functional groups attached to an aromatic ring is 1. The number of nitrogens with two attached hydrogens (primary N) is 1. The van der Waals surface area contributed by atoms with E-state index in [0.29, 0.717) is 0 Å². The predicted molar refractivity (Wildman–Crippen MR) is 80.5 cm³/mol. The fourth-order valence-electron chi connectivity index (χ4n) is 2.31. The Bertz CT molecular complexity index is 571. The third-order valence-corrected chi connectivity index (χ3v) is 3.94. The minimum Gasteiger partial charge on any atom is -0.397 e. The number of hydrogen-bond donors (Lipinski definition) is 2. The van der Waals surface area contributed by atoms with Gasteiger partial charge in [-0.25, -0.2) is 0 Å². The third-order valence-electron chi connectivity index (χ3n) is 3.62. The largest absolute Gasteiger partial charge is 0.397 e. The van der Waals surface area contributed by atoms with Crippen molar-refractivity contribution in [3.05, 3.63) is 32.8 Å². The second-order valence-electron chi connectivity index (χ2n) is 5.20. The number of nitrogens with one attached hydrogen (secondary N) is 1. The average molecular weight is 313 g/mol. The van der Waals surface area contributed by atoms with Gasteiger partial charge in [0.25, 0.3) is 11.6 Å². The Balaban J connectivity index is 2.17. The summed E-state index contributed by atoms with van der Waals surface area (Å²) in [4.78, 5) is 24.7. The molecule has 2 rings (SSSR count). The second-order valence-corrected chi connectivity index (χ2v) is 5.60. The first kappa shape index (κ1) is 15.5. The van der Waals surface area contributed by atoms with Crippen molar-refractivity contribution in [1.29, 1.82) is 0 Å². The van der Waals surface area contributed by atoms with Crippen LogP contribution in [0.2, 0.25) is 5.02 Å². The second kappa shape index (κ2) is 6.28. The van der Waals surface area contributed by atoms with Crippen LogP contribution >= 0.6 is 11.6 Å². The summed E-state index contributed by atoms with van der Waals surface area (Å²) in [7, 11) is 2.02. The summed E-state index contributed by atoms with van der Waals surface area (Å²) in [6.07, 6.45) is 1.68. The van der Waals surface area contributed by atoms with Crippen molar-refractivity contribution in [2.24, 2.45) is 0 Å². The Hall–Kier alpha value is -1.86. The van der Waals surface area contributed by atoms with Gasteiger partial charge >= 0.3 is 0 Å². The van der Waals surface area contributed by atoms with Gasteiger partial charge in [-0.2, -0.15) is 0 Å². The Labute approximate surface area is 127 Å². The molecule has 0 bridgehead atoms. The van der Waals surface area contributed by atoms with Crippen LogP contribution < -0.4 is 11.1 Å².